The van der Waals surface area contributed by atoms with Gasteiger partial charge in [0.1, 0.15) is 11.5 Å². The van der Waals surface area contributed by atoms with Gasteiger partial charge >= 0.3 is 0 Å². The molecule has 0 saturated heterocycles. The first-order valence-electron chi connectivity index (χ1n) is 12.0. The van der Waals surface area contributed by atoms with Gasteiger partial charge in [-0.2, -0.15) is 0 Å². The summed E-state index contributed by atoms with van der Waals surface area (Å²) in [6.07, 6.45) is 0.882. The average Bonchev–Trinajstić information content (AvgIpc) is 3.35. The lowest BCUT2D eigenvalue weighted by atomic mass is 10.00. The number of carbonyl (C=O) groups excluding carboxylic acids is 1. The zero-order chi connectivity index (χ0) is 24.9. The van der Waals surface area contributed by atoms with Crippen LogP contribution in [0.2, 0.25) is 0 Å². The fraction of sp³-hybridized carbons (Fsp3) is 0.250. The molecule has 1 amide bonds. The lowest BCUT2D eigenvalue weighted by molar-refractivity contribution is -0.129. The minimum Gasteiger partial charge on any atom is -0.496 e. The van der Waals surface area contributed by atoms with E-state index in [0.29, 0.717) is 29.9 Å². The summed E-state index contributed by atoms with van der Waals surface area (Å²) >= 11 is 1.39. The molecule has 0 fully saturated rings. The molecule has 3 aromatic carbocycles. The Morgan fingerprint density at radius 2 is 1.72 bits per heavy atom. The van der Waals surface area contributed by atoms with Crippen LogP contribution in [-0.4, -0.2) is 51.6 Å². The fourth-order valence-corrected chi connectivity index (χ4v) is 5.24. The van der Waals surface area contributed by atoms with E-state index >= 15 is 0 Å². The first-order valence-corrected chi connectivity index (χ1v) is 13.0. The Labute approximate surface area is 215 Å². The van der Waals surface area contributed by atoms with Gasteiger partial charge < -0.3 is 14.4 Å². The molecule has 0 unspecified atom stereocenters. The van der Waals surface area contributed by atoms with E-state index in [2.05, 4.69) is 28.4 Å². The van der Waals surface area contributed by atoms with Crippen molar-refractivity contribution in [2.24, 2.45) is 0 Å². The second kappa shape index (κ2) is 10.9. The molecule has 7 nitrogen and oxygen atoms in total. The molecule has 1 aromatic heterocycles. The third-order valence-corrected chi connectivity index (χ3v) is 7.11. The zero-order valence-electron chi connectivity index (χ0n) is 20.4. The van der Waals surface area contributed by atoms with E-state index in [-0.39, 0.29) is 11.7 Å². The number of nitrogens with zero attached hydrogens (tertiary/aromatic N) is 4. The molecule has 0 atom stereocenters. The summed E-state index contributed by atoms with van der Waals surface area (Å²) in [4.78, 5) is 15.1. The third-order valence-electron chi connectivity index (χ3n) is 6.20. The number of hydrogen-bond acceptors (Lipinski definition) is 6. The monoisotopic (exact) mass is 500 g/mol. The van der Waals surface area contributed by atoms with Crippen molar-refractivity contribution in [1.82, 2.24) is 19.7 Å². The molecular weight excluding hydrogens is 472 g/mol. The van der Waals surface area contributed by atoms with Crippen LogP contribution in [0.3, 0.4) is 0 Å². The summed E-state index contributed by atoms with van der Waals surface area (Å²) in [5, 5.41) is 9.63. The van der Waals surface area contributed by atoms with Crippen LogP contribution < -0.4 is 9.47 Å². The fourth-order valence-electron chi connectivity index (χ4n) is 4.38. The van der Waals surface area contributed by atoms with Crippen molar-refractivity contribution in [2.75, 3.05) is 26.0 Å². The number of rotatable bonds is 8. The Kier molecular flexibility index (Phi) is 7.23. The van der Waals surface area contributed by atoms with Crippen molar-refractivity contribution in [3.8, 4) is 28.6 Å². The van der Waals surface area contributed by atoms with Crippen LogP contribution in [0.15, 0.2) is 78.0 Å². The van der Waals surface area contributed by atoms with Crippen molar-refractivity contribution in [2.45, 2.75) is 25.0 Å². The second-order valence-electron chi connectivity index (χ2n) is 8.39. The molecule has 0 aliphatic carbocycles. The van der Waals surface area contributed by atoms with Crippen molar-refractivity contribution in [1.29, 1.82) is 0 Å². The maximum absolute atomic E-state index is 13.1. The van der Waals surface area contributed by atoms with Gasteiger partial charge in [0, 0.05) is 13.1 Å². The van der Waals surface area contributed by atoms with Crippen LogP contribution in [0, 0.1) is 0 Å². The largest absolute Gasteiger partial charge is 0.496 e. The summed E-state index contributed by atoms with van der Waals surface area (Å²) in [5.74, 6) is 2.52. The number of ether oxygens (including phenoxy) is 2. The molecule has 0 saturated carbocycles. The smallest absolute Gasteiger partial charge is 0.233 e. The maximum atomic E-state index is 13.1. The first-order chi connectivity index (χ1) is 17.7. The molecule has 0 bridgehead atoms. The Morgan fingerprint density at radius 1 is 0.972 bits per heavy atom. The first kappa shape index (κ1) is 23.9. The molecule has 4 aromatic rings. The molecule has 36 heavy (non-hydrogen) atoms. The molecule has 8 heteroatoms. The lowest BCUT2D eigenvalue weighted by Crippen LogP contribution is -2.37. The van der Waals surface area contributed by atoms with E-state index in [0.717, 1.165) is 30.0 Å². The Morgan fingerprint density at radius 3 is 2.50 bits per heavy atom. The highest BCUT2D eigenvalue weighted by Gasteiger charge is 2.23. The van der Waals surface area contributed by atoms with Crippen LogP contribution in [0.5, 0.6) is 11.5 Å². The summed E-state index contributed by atoms with van der Waals surface area (Å²) in [7, 11) is 1.64. The third kappa shape index (κ3) is 4.95. The quantitative estimate of drug-likeness (QED) is 0.317. The van der Waals surface area contributed by atoms with Crippen LogP contribution in [-0.2, 0) is 17.8 Å². The minimum atomic E-state index is 0.0922. The average molecular weight is 501 g/mol. The zero-order valence-corrected chi connectivity index (χ0v) is 21.2. The van der Waals surface area contributed by atoms with Crippen molar-refractivity contribution < 1.29 is 14.3 Å². The number of hydrogen-bond donors (Lipinski definition) is 0. The lowest BCUT2D eigenvalue weighted by Gasteiger charge is -2.28. The van der Waals surface area contributed by atoms with Crippen LogP contribution in [0.1, 0.15) is 18.1 Å². The SMILES string of the molecule is CCOc1ccc(-n2c(SCC(=O)N3CCc4ccccc4C3)nnc2-c2ccccc2OC)cc1. The molecule has 5 rings (SSSR count). The topological polar surface area (TPSA) is 69.5 Å². The summed E-state index contributed by atoms with van der Waals surface area (Å²) in [6, 6.07) is 23.8. The Bertz CT molecular complexity index is 1350. The van der Waals surface area contributed by atoms with E-state index < -0.39 is 0 Å². The Hall–Kier alpha value is -3.78. The molecule has 1 aliphatic heterocycles. The number of para-hydroxylation sites is 1. The molecule has 1 aliphatic rings. The second-order valence-corrected chi connectivity index (χ2v) is 9.33. The predicted octanol–water partition coefficient (Wildman–Crippen LogP) is 5.02. The molecule has 0 spiro atoms. The van der Waals surface area contributed by atoms with E-state index in [1.165, 1.54) is 22.9 Å². The van der Waals surface area contributed by atoms with E-state index in [4.69, 9.17) is 9.47 Å². The molecule has 0 radical (unpaired) electrons. The van der Waals surface area contributed by atoms with Crippen LogP contribution >= 0.6 is 11.8 Å². The van der Waals surface area contributed by atoms with Crippen molar-refractivity contribution in [3.63, 3.8) is 0 Å². The molecule has 184 valence electrons. The molecular formula is C28H28N4O3S. The highest BCUT2D eigenvalue weighted by molar-refractivity contribution is 7.99. The highest BCUT2D eigenvalue weighted by atomic mass is 32.2. The van der Waals surface area contributed by atoms with Gasteiger partial charge in [-0.25, -0.2) is 0 Å². The van der Waals surface area contributed by atoms with E-state index in [9.17, 15) is 4.79 Å². The number of aromatic nitrogens is 3. The normalized spacial score (nSPS) is 12.8. The number of amides is 1. The van der Waals surface area contributed by atoms with Gasteiger partial charge in [-0.05, 0) is 60.9 Å². The van der Waals surface area contributed by atoms with Crippen molar-refractivity contribution >= 4 is 17.7 Å². The van der Waals surface area contributed by atoms with Gasteiger partial charge in [-0.1, -0.05) is 48.2 Å². The van der Waals surface area contributed by atoms with Gasteiger partial charge in [0.2, 0.25) is 5.91 Å². The van der Waals surface area contributed by atoms with Crippen LogP contribution in [0.4, 0.5) is 0 Å². The van der Waals surface area contributed by atoms with Gasteiger partial charge in [0.05, 0.1) is 30.7 Å². The van der Waals surface area contributed by atoms with Crippen molar-refractivity contribution in [3.05, 3.63) is 83.9 Å². The molecule has 0 N–H and O–H groups in total. The van der Waals surface area contributed by atoms with Gasteiger partial charge in [0.25, 0.3) is 0 Å². The summed E-state index contributed by atoms with van der Waals surface area (Å²) in [6.45, 7) is 3.94. The van der Waals surface area contributed by atoms with Crippen LogP contribution in [0.25, 0.3) is 17.1 Å². The standard InChI is InChI=1S/C28H28N4O3S/c1-3-35-23-14-12-22(13-15-23)32-27(24-10-6-7-11-25(24)34-2)29-30-28(32)36-19-26(33)31-17-16-20-8-4-5-9-21(20)18-31/h4-15H,3,16-19H2,1-2H3. The van der Waals surface area contributed by atoms with Gasteiger partial charge in [0.15, 0.2) is 11.0 Å². The highest BCUT2D eigenvalue weighted by Crippen LogP contribution is 2.34. The summed E-state index contributed by atoms with van der Waals surface area (Å²) in [5.41, 5.74) is 4.25. The van der Waals surface area contributed by atoms with Gasteiger partial charge in [-0.15, -0.1) is 10.2 Å². The Balaban J connectivity index is 1.42. The number of methoxy groups -OCH3 is 1. The number of carbonyl (C=O) groups is 1. The predicted molar refractivity (Wildman–Crippen MR) is 141 cm³/mol. The van der Waals surface area contributed by atoms with Gasteiger partial charge in [-0.3, -0.25) is 9.36 Å². The number of benzene rings is 3. The minimum absolute atomic E-state index is 0.0922. The number of thioether (sulfide) groups is 1. The summed E-state index contributed by atoms with van der Waals surface area (Å²) < 4.78 is 13.2. The van der Waals surface area contributed by atoms with E-state index in [1.807, 2.05) is 71.0 Å². The molecule has 2 heterocycles. The van der Waals surface area contributed by atoms with E-state index in [1.54, 1.807) is 7.11 Å². The number of fused-ring (bicyclic) bond motifs is 1. The maximum Gasteiger partial charge on any atom is 0.233 e.